The highest BCUT2D eigenvalue weighted by atomic mass is 19.1. The van der Waals surface area contributed by atoms with Gasteiger partial charge in [-0.1, -0.05) is 0 Å². The van der Waals surface area contributed by atoms with Crippen molar-refractivity contribution < 1.29 is 13.5 Å². The molecule has 4 rings (SSSR count). The first-order valence-corrected chi connectivity index (χ1v) is 9.11. The summed E-state index contributed by atoms with van der Waals surface area (Å²) in [6, 6.07) is 8.82. The third kappa shape index (κ3) is 4.04. The summed E-state index contributed by atoms with van der Waals surface area (Å²) in [5, 5.41) is 10.5. The average molecular weight is 370 g/mol. The maximum absolute atomic E-state index is 13.8. The second-order valence-corrected chi connectivity index (χ2v) is 6.66. The number of morpholine rings is 1. The molecule has 6 nitrogen and oxygen atoms in total. The lowest BCUT2D eigenvalue weighted by atomic mass is 10.1. The van der Waals surface area contributed by atoms with E-state index in [0.717, 1.165) is 47.1 Å². The molecule has 0 saturated carbocycles. The molecule has 142 valence electrons. The molecule has 2 N–H and O–H groups in total. The van der Waals surface area contributed by atoms with E-state index in [9.17, 15) is 4.39 Å². The molecule has 1 fully saturated rings. The van der Waals surface area contributed by atoms with Crippen LogP contribution in [-0.2, 0) is 17.8 Å². The van der Waals surface area contributed by atoms with Gasteiger partial charge in [0.25, 0.3) is 0 Å². The van der Waals surface area contributed by atoms with Crippen LogP contribution >= 0.6 is 0 Å². The number of aromatic nitrogens is 2. The van der Waals surface area contributed by atoms with Crippen LogP contribution in [0.2, 0.25) is 0 Å². The van der Waals surface area contributed by atoms with Gasteiger partial charge in [-0.25, -0.2) is 4.39 Å². The molecule has 1 saturated heterocycles. The van der Waals surface area contributed by atoms with Crippen molar-refractivity contribution in [3.05, 3.63) is 59.2 Å². The Bertz CT molecular complexity index is 899. The van der Waals surface area contributed by atoms with Gasteiger partial charge < -0.3 is 19.4 Å². The fraction of sp³-hybridized carbons (Fsp3) is 0.350. The van der Waals surface area contributed by atoms with E-state index < -0.39 is 0 Å². The van der Waals surface area contributed by atoms with Crippen LogP contribution in [0.1, 0.15) is 16.9 Å². The van der Waals surface area contributed by atoms with Crippen molar-refractivity contribution in [3.63, 3.8) is 0 Å². The minimum absolute atomic E-state index is 0.223. The maximum atomic E-state index is 13.8. The molecule has 0 radical (unpaired) electrons. The lowest BCUT2D eigenvalue weighted by molar-refractivity contribution is 0.122. The highest BCUT2D eigenvalue weighted by molar-refractivity contribution is 5.57. The number of hydrogen-bond acceptors (Lipinski definition) is 5. The number of benzene rings is 1. The van der Waals surface area contributed by atoms with Crippen LogP contribution in [0.15, 0.2) is 40.9 Å². The van der Waals surface area contributed by atoms with E-state index in [1.54, 1.807) is 12.3 Å². The summed E-state index contributed by atoms with van der Waals surface area (Å²) in [7, 11) is 0. The molecule has 0 aliphatic carbocycles. The average Bonchev–Trinajstić information content (AvgIpc) is 3.31. The molecular formula is C20H23FN4O2. The zero-order chi connectivity index (χ0) is 18.6. The number of furan rings is 1. The number of halogens is 1. The van der Waals surface area contributed by atoms with Crippen LogP contribution in [0.25, 0.3) is 11.5 Å². The predicted molar refractivity (Wildman–Crippen MR) is 101 cm³/mol. The van der Waals surface area contributed by atoms with Gasteiger partial charge in [0.15, 0.2) is 5.76 Å². The summed E-state index contributed by atoms with van der Waals surface area (Å²) >= 11 is 0. The standard InChI is InChI=1S/C20H23FN4O2/c1-14-2-5-19(27-14)20-16(13-23-24-20)12-22-11-15-10-17(21)3-4-18(15)25-6-8-26-9-7-25/h2-5,10,13,22H,6-9,11-12H2,1H3,(H,23,24). The van der Waals surface area contributed by atoms with E-state index in [4.69, 9.17) is 9.15 Å². The normalized spacial score (nSPS) is 14.7. The summed E-state index contributed by atoms with van der Waals surface area (Å²) in [5.74, 6) is 1.40. The van der Waals surface area contributed by atoms with Gasteiger partial charge >= 0.3 is 0 Å². The van der Waals surface area contributed by atoms with Crippen molar-refractivity contribution in [2.45, 2.75) is 20.0 Å². The van der Waals surface area contributed by atoms with Gasteiger partial charge in [-0.15, -0.1) is 0 Å². The van der Waals surface area contributed by atoms with E-state index in [0.29, 0.717) is 26.3 Å². The topological polar surface area (TPSA) is 66.3 Å². The van der Waals surface area contributed by atoms with E-state index in [1.165, 1.54) is 6.07 Å². The third-order valence-electron chi connectivity index (χ3n) is 4.73. The van der Waals surface area contributed by atoms with Crippen LogP contribution in [-0.4, -0.2) is 36.5 Å². The summed E-state index contributed by atoms with van der Waals surface area (Å²) in [6.45, 7) is 6.12. The molecule has 0 spiro atoms. The SMILES string of the molecule is Cc1ccc(-c2[nH]ncc2CNCc2cc(F)ccc2N2CCOCC2)o1. The van der Waals surface area contributed by atoms with Crippen molar-refractivity contribution in [2.24, 2.45) is 0 Å². The quantitative estimate of drug-likeness (QED) is 0.697. The lowest BCUT2D eigenvalue weighted by Gasteiger charge is -2.30. The van der Waals surface area contributed by atoms with Crippen LogP contribution in [0, 0.1) is 12.7 Å². The Hall–Kier alpha value is -2.64. The minimum atomic E-state index is -0.223. The molecule has 7 heteroatoms. The van der Waals surface area contributed by atoms with Crippen molar-refractivity contribution in [1.29, 1.82) is 0 Å². The van der Waals surface area contributed by atoms with Crippen molar-refractivity contribution in [2.75, 3.05) is 31.2 Å². The summed E-state index contributed by atoms with van der Waals surface area (Å²) in [5.41, 5.74) is 3.87. The third-order valence-corrected chi connectivity index (χ3v) is 4.73. The first-order chi connectivity index (χ1) is 13.2. The largest absolute Gasteiger partial charge is 0.460 e. The fourth-order valence-corrected chi connectivity index (χ4v) is 3.37. The second-order valence-electron chi connectivity index (χ2n) is 6.66. The van der Waals surface area contributed by atoms with Crippen LogP contribution in [0.5, 0.6) is 0 Å². The number of H-pyrrole nitrogens is 1. The van der Waals surface area contributed by atoms with Gasteiger partial charge in [-0.2, -0.15) is 5.10 Å². The van der Waals surface area contributed by atoms with Gasteiger partial charge in [0.2, 0.25) is 0 Å². The zero-order valence-corrected chi connectivity index (χ0v) is 15.3. The molecule has 1 aliphatic rings. The second kappa shape index (κ2) is 7.94. The number of nitrogens with one attached hydrogen (secondary N) is 2. The Morgan fingerprint density at radius 1 is 1.15 bits per heavy atom. The van der Waals surface area contributed by atoms with Gasteiger partial charge in [0, 0.05) is 37.4 Å². The number of hydrogen-bond donors (Lipinski definition) is 2. The fourth-order valence-electron chi connectivity index (χ4n) is 3.37. The van der Waals surface area contributed by atoms with Gasteiger partial charge in [0.1, 0.15) is 17.3 Å². The summed E-state index contributed by atoms with van der Waals surface area (Å²) in [4.78, 5) is 2.24. The number of ether oxygens (including phenoxy) is 1. The van der Waals surface area contributed by atoms with Gasteiger partial charge in [0.05, 0.1) is 19.4 Å². The van der Waals surface area contributed by atoms with Crippen LogP contribution in [0.4, 0.5) is 10.1 Å². The van der Waals surface area contributed by atoms with Crippen LogP contribution < -0.4 is 10.2 Å². The molecular weight excluding hydrogens is 347 g/mol. The molecule has 1 aliphatic heterocycles. The zero-order valence-electron chi connectivity index (χ0n) is 15.3. The predicted octanol–water partition coefficient (Wildman–Crippen LogP) is 3.24. The van der Waals surface area contributed by atoms with Gasteiger partial charge in [-0.3, -0.25) is 5.10 Å². The van der Waals surface area contributed by atoms with Crippen molar-refractivity contribution in [1.82, 2.24) is 15.5 Å². The number of aromatic amines is 1. The van der Waals surface area contributed by atoms with E-state index in [1.807, 2.05) is 25.1 Å². The highest BCUT2D eigenvalue weighted by Crippen LogP contribution is 2.25. The Balaban J connectivity index is 1.45. The maximum Gasteiger partial charge on any atom is 0.152 e. The Morgan fingerprint density at radius 2 is 1.96 bits per heavy atom. The molecule has 0 unspecified atom stereocenters. The van der Waals surface area contributed by atoms with Crippen molar-refractivity contribution >= 4 is 5.69 Å². The monoisotopic (exact) mass is 370 g/mol. The number of aryl methyl sites for hydroxylation is 1. The molecule has 1 aromatic carbocycles. The highest BCUT2D eigenvalue weighted by Gasteiger charge is 2.16. The molecule has 0 atom stereocenters. The number of anilines is 1. The van der Waals surface area contributed by atoms with E-state index in [-0.39, 0.29) is 5.82 Å². The van der Waals surface area contributed by atoms with Crippen LogP contribution in [0.3, 0.4) is 0 Å². The number of nitrogens with zero attached hydrogens (tertiary/aromatic N) is 2. The first-order valence-electron chi connectivity index (χ1n) is 9.11. The lowest BCUT2D eigenvalue weighted by Crippen LogP contribution is -2.37. The molecule has 2 aromatic heterocycles. The van der Waals surface area contributed by atoms with E-state index in [2.05, 4.69) is 20.4 Å². The molecule has 0 bridgehead atoms. The summed E-state index contributed by atoms with van der Waals surface area (Å²) < 4.78 is 24.9. The minimum Gasteiger partial charge on any atom is -0.460 e. The molecule has 27 heavy (non-hydrogen) atoms. The van der Waals surface area contributed by atoms with Gasteiger partial charge in [-0.05, 0) is 42.8 Å². The Morgan fingerprint density at radius 3 is 2.74 bits per heavy atom. The summed E-state index contributed by atoms with van der Waals surface area (Å²) in [6.07, 6.45) is 1.79. The van der Waals surface area contributed by atoms with E-state index >= 15 is 0 Å². The number of rotatable bonds is 6. The molecule has 3 aromatic rings. The van der Waals surface area contributed by atoms with Crippen molar-refractivity contribution in [3.8, 4) is 11.5 Å². The first kappa shape index (κ1) is 17.8. The molecule has 3 heterocycles. The smallest absolute Gasteiger partial charge is 0.152 e. The Labute approximate surface area is 157 Å². The Kier molecular flexibility index (Phi) is 5.22. The molecule has 0 amide bonds.